The number of benzene rings is 1. The van der Waals surface area contributed by atoms with Crippen molar-refractivity contribution >= 4 is 29.1 Å². The first-order valence-electron chi connectivity index (χ1n) is 5.19. The van der Waals surface area contributed by atoms with Crippen molar-refractivity contribution < 1.29 is 9.90 Å². The SMILES string of the molecule is CCNC(=O)CNCc1cc(Cl)cc(Cl)c1O. The third kappa shape index (κ3) is 4.42. The first kappa shape index (κ1) is 14.1. The van der Waals surface area contributed by atoms with Crippen molar-refractivity contribution in [2.75, 3.05) is 13.1 Å². The number of halogens is 2. The highest BCUT2D eigenvalue weighted by atomic mass is 35.5. The zero-order valence-corrected chi connectivity index (χ0v) is 10.9. The van der Waals surface area contributed by atoms with Crippen LogP contribution in [0.2, 0.25) is 10.0 Å². The van der Waals surface area contributed by atoms with Gasteiger partial charge in [0, 0.05) is 23.7 Å². The third-order valence-corrected chi connectivity index (χ3v) is 2.59. The number of phenolic OH excluding ortho intramolecular Hbond substituents is 1. The molecule has 3 N–H and O–H groups in total. The topological polar surface area (TPSA) is 61.4 Å². The van der Waals surface area contributed by atoms with E-state index in [9.17, 15) is 9.90 Å². The number of likely N-dealkylation sites (N-methyl/N-ethyl adjacent to an activating group) is 1. The van der Waals surface area contributed by atoms with Crippen LogP contribution in [0.15, 0.2) is 12.1 Å². The number of nitrogens with one attached hydrogen (secondary N) is 2. The Hall–Kier alpha value is -0.970. The van der Waals surface area contributed by atoms with E-state index >= 15 is 0 Å². The van der Waals surface area contributed by atoms with Crippen molar-refractivity contribution in [3.05, 3.63) is 27.7 Å². The van der Waals surface area contributed by atoms with Crippen molar-refractivity contribution in [2.24, 2.45) is 0 Å². The maximum Gasteiger partial charge on any atom is 0.233 e. The van der Waals surface area contributed by atoms with Crippen LogP contribution < -0.4 is 10.6 Å². The van der Waals surface area contributed by atoms with E-state index in [1.54, 1.807) is 6.07 Å². The summed E-state index contributed by atoms with van der Waals surface area (Å²) in [7, 11) is 0. The van der Waals surface area contributed by atoms with Crippen molar-refractivity contribution in [3.8, 4) is 5.75 Å². The molecule has 0 fully saturated rings. The Balaban J connectivity index is 2.55. The molecule has 0 saturated carbocycles. The summed E-state index contributed by atoms with van der Waals surface area (Å²) < 4.78 is 0. The van der Waals surface area contributed by atoms with Crippen LogP contribution in [-0.2, 0) is 11.3 Å². The fourth-order valence-electron chi connectivity index (χ4n) is 1.32. The molecule has 0 aliphatic rings. The highest BCUT2D eigenvalue weighted by Gasteiger charge is 2.08. The molecule has 0 aromatic heterocycles. The Morgan fingerprint density at radius 1 is 1.41 bits per heavy atom. The fraction of sp³-hybridized carbons (Fsp3) is 0.364. The Kier molecular flexibility index (Phi) is 5.55. The fourth-order valence-corrected chi connectivity index (χ4v) is 1.86. The van der Waals surface area contributed by atoms with E-state index in [1.807, 2.05) is 6.92 Å². The van der Waals surface area contributed by atoms with E-state index < -0.39 is 0 Å². The number of phenols is 1. The van der Waals surface area contributed by atoms with E-state index in [0.29, 0.717) is 23.7 Å². The van der Waals surface area contributed by atoms with Crippen molar-refractivity contribution in [3.63, 3.8) is 0 Å². The van der Waals surface area contributed by atoms with Crippen LogP contribution in [0, 0.1) is 0 Å². The minimum Gasteiger partial charge on any atom is -0.506 e. The van der Waals surface area contributed by atoms with Gasteiger partial charge in [0.15, 0.2) is 0 Å². The molecule has 1 rings (SSSR count). The van der Waals surface area contributed by atoms with Crippen molar-refractivity contribution in [2.45, 2.75) is 13.5 Å². The number of aromatic hydroxyl groups is 1. The molecule has 17 heavy (non-hydrogen) atoms. The quantitative estimate of drug-likeness (QED) is 0.770. The minimum absolute atomic E-state index is 0.0144. The van der Waals surface area contributed by atoms with Gasteiger partial charge in [-0.1, -0.05) is 23.2 Å². The van der Waals surface area contributed by atoms with Crippen LogP contribution >= 0.6 is 23.2 Å². The van der Waals surface area contributed by atoms with Crippen LogP contribution in [0.25, 0.3) is 0 Å². The standard InChI is InChI=1S/C11H14Cl2N2O2/c1-2-15-10(16)6-14-5-7-3-8(12)4-9(13)11(7)17/h3-4,14,17H,2,5-6H2,1H3,(H,15,16). The monoisotopic (exact) mass is 276 g/mol. The molecule has 0 bridgehead atoms. The van der Waals surface area contributed by atoms with Crippen molar-refractivity contribution in [1.29, 1.82) is 0 Å². The predicted octanol–water partition coefficient (Wildman–Crippen LogP) is 1.92. The first-order valence-corrected chi connectivity index (χ1v) is 5.94. The van der Waals surface area contributed by atoms with Gasteiger partial charge in [-0.3, -0.25) is 4.79 Å². The van der Waals surface area contributed by atoms with Gasteiger partial charge in [-0.15, -0.1) is 0 Å². The molecule has 6 heteroatoms. The van der Waals surface area contributed by atoms with E-state index in [4.69, 9.17) is 23.2 Å². The molecule has 1 aromatic carbocycles. The van der Waals surface area contributed by atoms with Crippen LogP contribution in [0.4, 0.5) is 0 Å². The van der Waals surface area contributed by atoms with Gasteiger partial charge in [-0.05, 0) is 19.1 Å². The predicted molar refractivity (Wildman–Crippen MR) is 68.5 cm³/mol. The molecule has 0 heterocycles. The third-order valence-electron chi connectivity index (χ3n) is 2.08. The molecule has 1 amide bonds. The lowest BCUT2D eigenvalue weighted by atomic mass is 10.2. The van der Waals surface area contributed by atoms with Gasteiger partial charge in [0.1, 0.15) is 5.75 Å². The van der Waals surface area contributed by atoms with Gasteiger partial charge in [0.25, 0.3) is 0 Å². The molecule has 0 atom stereocenters. The summed E-state index contributed by atoms with van der Waals surface area (Å²) in [6.07, 6.45) is 0. The molecule has 0 saturated heterocycles. The average molecular weight is 277 g/mol. The second-order valence-corrected chi connectivity index (χ2v) is 4.30. The Labute approximate surface area is 110 Å². The molecule has 0 radical (unpaired) electrons. The van der Waals surface area contributed by atoms with E-state index in [2.05, 4.69) is 10.6 Å². The average Bonchev–Trinajstić information content (AvgIpc) is 2.25. The number of amides is 1. The summed E-state index contributed by atoms with van der Waals surface area (Å²) in [4.78, 5) is 11.2. The molecular weight excluding hydrogens is 263 g/mol. The lowest BCUT2D eigenvalue weighted by Gasteiger charge is -2.08. The molecule has 1 aromatic rings. The number of rotatable bonds is 5. The normalized spacial score (nSPS) is 10.3. The number of hydrogen-bond acceptors (Lipinski definition) is 3. The number of hydrogen-bond donors (Lipinski definition) is 3. The van der Waals surface area contributed by atoms with Gasteiger partial charge in [0.2, 0.25) is 5.91 Å². The molecule has 0 aliphatic carbocycles. The lowest BCUT2D eigenvalue weighted by Crippen LogP contribution is -2.33. The summed E-state index contributed by atoms with van der Waals surface area (Å²) in [5, 5.41) is 15.9. The van der Waals surface area contributed by atoms with Crippen LogP contribution in [-0.4, -0.2) is 24.1 Å². The summed E-state index contributed by atoms with van der Waals surface area (Å²) >= 11 is 11.6. The Morgan fingerprint density at radius 3 is 2.76 bits per heavy atom. The van der Waals surface area contributed by atoms with Crippen LogP contribution in [0.3, 0.4) is 0 Å². The first-order chi connectivity index (χ1) is 8.04. The maximum absolute atomic E-state index is 11.2. The van der Waals surface area contributed by atoms with Gasteiger partial charge in [-0.25, -0.2) is 0 Å². The Bertz CT molecular complexity index is 411. The Morgan fingerprint density at radius 2 is 2.12 bits per heavy atom. The summed E-state index contributed by atoms with van der Waals surface area (Å²) in [6.45, 7) is 2.94. The van der Waals surface area contributed by atoms with Gasteiger partial charge in [-0.2, -0.15) is 0 Å². The highest BCUT2D eigenvalue weighted by molar-refractivity contribution is 6.35. The summed E-state index contributed by atoms with van der Waals surface area (Å²) in [6, 6.07) is 3.07. The molecule has 0 unspecified atom stereocenters. The maximum atomic E-state index is 11.2. The van der Waals surface area contributed by atoms with Gasteiger partial charge in [0.05, 0.1) is 11.6 Å². The van der Waals surface area contributed by atoms with Crippen LogP contribution in [0.5, 0.6) is 5.75 Å². The number of carbonyl (C=O) groups excluding carboxylic acids is 1. The minimum atomic E-state index is -0.0971. The molecule has 94 valence electrons. The summed E-state index contributed by atoms with van der Waals surface area (Å²) in [5.74, 6) is -0.111. The smallest absolute Gasteiger partial charge is 0.233 e. The highest BCUT2D eigenvalue weighted by Crippen LogP contribution is 2.30. The largest absolute Gasteiger partial charge is 0.506 e. The summed E-state index contributed by atoms with van der Waals surface area (Å²) in [5.41, 5.74) is 0.562. The second-order valence-electron chi connectivity index (χ2n) is 3.45. The zero-order chi connectivity index (χ0) is 12.8. The van der Waals surface area contributed by atoms with Gasteiger partial charge < -0.3 is 15.7 Å². The molecule has 4 nitrogen and oxygen atoms in total. The molecular formula is C11H14Cl2N2O2. The number of carbonyl (C=O) groups is 1. The molecule has 0 aliphatic heterocycles. The zero-order valence-electron chi connectivity index (χ0n) is 9.39. The van der Waals surface area contributed by atoms with Crippen molar-refractivity contribution in [1.82, 2.24) is 10.6 Å². The van der Waals surface area contributed by atoms with Gasteiger partial charge >= 0.3 is 0 Å². The van der Waals surface area contributed by atoms with Crippen LogP contribution in [0.1, 0.15) is 12.5 Å². The van der Waals surface area contributed by atoms with E-state index in [0.717, 1.165) is 0 Å². The van der Waals surface area contributed by atoms with E-state index in [-0.39, 0.29) is 23.2 Å². The lowest BCUT2D eigenvalue weighted by molar-refractivity contribution is -0.120. The second kappa shape index (κ2) is 6.69. The molecule has 0 spiro atoms. The van der Waals surface area contributed by atoms with E-state index in [1.165, 1.54) is 6.07 Å².